The monoisotopic (exact) mass is 274 g/mol. The van der Waals surface area contributed by atoms with Crippen LogP contribution in [0.4, 0.5) is 0 Å². The Balaban J connectivity index is 1.63. The lowest BCUT2D eigenvalue weighted by molar-refractivity contribution is -0.139. The van der Waals surface area contributed by atoms with Gasteiger partial charge in [-0.25, -0.2) is 0 Å². The van der Waals surface area contributed by atoms with Gasteiger partial charge in [0.05, 0.1) is 6.61 Å². The van der Waals surface area contributed by atoms with E-state index in [1.165, 1.54) is 0 Å². The molecule has 2 N–H and O–H groups in total. The Labute approximate surface area is 112 Å². The first-order valence-corrected chi connectivity index (χ1v) is 7.60. The lowest BCUT2D eigenvalue weighted by Gasteiger charge is -2.23. The number of amides is 1. The Bertz CT molecular complexity index is 293. The summed E-state index contributed by atoms with van der Waals surface area (Å²) in [5, 5.41) is 6.27. The summed E-state index contributed by atoms with van der Waals surface area (Å²) < 4.78 is 11.1. The molecule has 18 heavy (non-hydrogen) atoms. The smallest absolute Gasteiger partial charge is 0.221 e. The summed E-state index contributed by atoms with van der Waals surface area (Å²) in [6.45, 7) is 5.85. The minimum absolute atomic E-state index is 0.0300. The first-order chi connectivity index (χ1) is 8.55. The molecule has 0 aromatic heterocycles. The van der Waals surface area contributed by atoms with Gasteiger partial charge in [0.25, 0.3) is 0 Å². The maximum atomic E-state index is 11.8. The van der Waals surface area contributed by atoms with Gasteiger partial charge in [0.1, 0.15) is 6.10 Å². The van der Waals surface area contributed by atoms with Gasteiger partial charge >= 0.3 is 0 Å². The van der Waals surface area contributed by atoms with Crippen LogP contribution in [0, 0.1) is 0 Å². The summed E-state index contributed by atoms with van der Waals surface area (Å²) in [5.74, 6) is 1.73. The molecule has 104 valence electrons. The van der Waals surface area contributed by atoms with E-state index in [0.717, 1.165) is 18.1 Å². The van der Waals surface area contributed by atoms with Crippen LogP contribution in [0.3, 0.4) is 0 Å². The number of rotatable bonds is 4. The van der Waals surface area contributed by atoms with Gasteiger partial charge in [-0.05, 0) is 13.8 Å². The third-order valence-electron chi connectivity index (χ3n) is 3.02. The van der Waals surface area contributed by atoms with Crippen molar-refractivity contribution in [1.29, 1.82) is 0 Å². The van der Waals surface area contributed by atoms with Crippen molar-refractivity contribution < 1.29 is 14.3 Å². The zero-order chi connectivity index (χ0) is 13.0. The van der Waals surface area contributed by atoms with Gasteiger partial charge in [0.15, 0.2) is 5.79 Å². The van der Waals surface area contributed by atoms with Gasteiger partial charge in [-0.3, -0.25) is 4.79 Å². The van der Waals surface area contributed by atoms with Gasteiger partial charge in [-0.1, -0.05) is 0 Å². The lowest BCUT2D eigenvalue weighted by atomic mass is 10.2. The number of hydrogen-bond acceptors (Lipinski definition) is 5. The molecule has 0 radical (unpaired) electrons. The quantitative estimate of drug-likeness (QED) is 0.774. The van der Waals surface area contributed by atoms with Gasteiger partial charge in [-0.15, -0.1) is 0 Å². The number of hydrogen-bond donors (Lipinski definition) is 2. The second-order valence-electron chi connectivity index (χ2n) is 5.18. The Morgan fingerprint density at radius 2 is 2.39 bits per heavy atom. The Morgan fingerprint density at radius 3 is 3.00 bits per heavy atom. The molecule has 2 atom stereocenters. The molecule has 0 aromatic rings. The van der Waals surface area contributed by atoms with E-state index in [4.69, 9.17) is 9.47 Å². The zero-order valence-corrected chi connectivity index (χ0v) is 11.8. The van der Waals surface area contributed by atoms with Crippen molar-refractivity contribution in [3.63, 3.8) is 0 Å². The van der Waals surface area contributed by atoms with Crippen LogP contribution in [0.25, 0.3) is 0 Å². The standard InChI is InChI=1S/C12H22N2O3S/c1-12(2)16-7-10(17-12)6-14-11(15)5-9-8-18-4-3-13-9/h9-10,13H,3-8H2,1-2H3,(H,14,15). The van der Waals surface area contributed by atoms with E-state index < -0.39 is 5.79 Å². The minimum atomic E-state index is -0.517. The van der Waals surface area contributed by atoms with Crippen molar-refractivity contribution in [3.8, 4) is 0 Å². The molecule has 2 aliphatic rings. The molecule has 6 heteroatoms. The molecule has 1 amide bonds. The summed E-state index contributed by atoms with van der Waals surface area (Å²) in [6.07, 6.45) is 0.516. The first kappa shape index (κ1) is 14.1. The Hall–Kier alpha value is -0.300. The van der Waals surface area contributed by atoms with Gasteiger partial charge in [-0.2, -0.15) is 11.8 Å². The van der Waals surface area contributed by atoms with Crippen LogP contribution in [0.1, 0.15) is 20.3 Å². The van der Waals surface area contributed by atoms with E-state index >= 15 is 0 Å². The summed E-state index contributed by atoms with van der Waals surface area (Å²) in [5.41, 5.74) is 0. The number of ether oxygens (including phenoxy) is 2. The van der Waals surface area contributed by atoms with Crippen molar-refractivity contribution in [2.75, 3.05) is 31.2 Å². The molecular formula is C12H22N2O3S. The summed E-state index contributed by atoms with van der Waals surface area (Å²) in [7, 11) is 0. The highest BCUT2D eigenvalue weighted by molar-refractivity contribution is 7.99. The second kappa shape index (κ2) is 6.23. The van der Waals surface area contributed by atoms with Crippen LogP contribution in [-0.4, -0.2) is 55.0 Å². The SMILES string of the molecule is CC1(C)OCC(CNC(=O)CC2CSCCN2)O1. The van der Waals surface area contributed by atoms with Crippen molar-refractivity contribution in [1.82, 2.24) is 10.6 Å². The molecule has 5 nitrogen and oxygen atoms in total. The van der Waals surface area contributed by atoms with Crippen LogP contribution in [-0.2, 0) is 14.3 Å². The van der Waals surface area contributed by atoms with Gasteiger partial charge in [0, 0.05) is 37.1 Å². The minimum Gasteiger partial charge on any atom is -0.353 e. The molecule has 2 fully saturated rings. The number of carbonyl (C=O) groups is 1. The van der Waals surface area contributed by atoms with Crippen molar-refractivity contribution >= 4 is 17.7 Å². The average molecular weight is 274 g/mol. The van der Waals surface area contributed by atoms with Crippen LogP contribution in [0.5, 0.6) is 0 Å². The van der Waals surface area contributed by atoms with E-state index in [9.17, 15) is 4.79 Å². The molecular weight excluding hydrogens is 252 g/mol. The van der Waals surface area contributed by atoms with E-state index in [0.29, 0.717) is 25.6 Å². The molecule has 0 aromatic carbocycles. The second-order valence-corrected chi connectivity index (χ2v) is 6.33. The van der Waals surface area contributed by atoms with E-state index in [-0.39, 0.29) is 12.0 Å². The van der Waals surface area contributed by atoms with Crippen molar-refractivity contribution in [2.24, 2.45) is 0 Å². The third kappa shape index (κ3) is 4.42. The average Bonchev–Trinajstić information content (AvgIpc) is 2.68. The predicted octanol–water partition coefficient (Wildman–Crippen LogP) is 0.349. The summed E-state index contributed by atoms with van der Waals surface area (Å²) >= 11 is 1.90. The molecule has 0 spiro atoms. The van der Waals surface area contributed by atoms with Gasteiger partial charge < -0.3 is 20.1 Å². The zero-order valence-electron chi connectivity index (χ0n) is 11.0. The number of nitrogens with one attached hydrogen (secondary N) is 2. The Kier molecular flexibility index (Phi) is 4.89. The fraction of sp³-hybridized carbons (Fsp3) is 0.917. The maximum Gasteiger partial charge on any atom is 0.221 e. The molecule has 0 aliphatic carbocycles. The highest BCUT2D eigenvalue weighted by Gasteiger charge is 2.32. The number of thioether (sulfide) groups is 1. The van der Waals surface area contributed by atoms with E-state index in [1.54, 1.807) is 0 Å². The van der Waals surface area contributed by atoms with Crippen LogP contribution in [0.2, 0.25) is 0 Å². The van der Waals surface area contributed by atoms with Crippen LogP contribution in [0.15, 0.2) is 0 Å². The molecule has 2 rings (SSSR count). The highest BCUT2D eigenvalue weighted by Crippen LogP contribution is 2.21. The molecule has 2 unspecified atom stereocenters. The molecule has 0 saturated carbocycles. The first-order valence-electron chi connectivity index (χ1n) is 6.45. The van der Waals surface area contributed by atoms with E-state index in [1.807, 2.05) is 25.6 Å². The largest absolute Gasteiger partial charge is 0.353 e. The highest BCUT2D eigenvalue weighted by atomic mass is 32.2. The normalized spacial score (nSPS) is 31.2. The van der Waals surface area contributed by atoms with Crippen molar-refractivity contribution in [2.45, 2.75) is 38.2 Å². The van der Waals surface area contributed by atoms with Crippen LogP contribution >= 0.6 is 11.8 Å². The fourth-order valence-corrected chi connectivity index (χ4v) is 3.09. The summed E-state index contributed by atoms with van der Waals surface area (Å²) in [4.78, 5) is 11.8. The van der Waals surface area contributed by atoms with Crippen LogP contribution < -0.4 is 10.6 Å². The van der Waals surface area contributed by atoms with E-state index in [2.05, 4.69) is 10.6 Å². The molecule has 0 bridgehead atoms. The lowest BCUT2D eigenvalue weighted by Crippen LogP contribution is -2.42. The summed E-state index contributed by atoms with van der Waals surface area (Å²) in [6, 6.07) is 0.306. The number of carbonyl (C=O) groups excluding carboxylic acids is 1. The van der Waals surface area contributed by atoms with Crippen molar-refractivity contribution in [3.05, 3.63) is 0 Å². The maximum absolute atomic E-state index is 11.8. The third-order valence-corrected chi connectivity index (χ3v) is 4.16. The predicted molar refractivity (Wildman–Crippen MR) is 71.6 cm³/mol. The molecule has 2 saturated heterocycles. The Morgan fingerprint density at radius 1 is 1.56 bits per heavy atom. The van der Waals surface area contributed by atoms with Gasteiger partial charge in [0.2, 0.25) is 5.91 Å². The molecule has 2 heterocycles. The fourth-order valence-electron chi connectivity index (χ4n) is 2.14. The molecule has 2 aliphatic heterocycles. The topological polar surface area (TPSA) is 59.6 Å².